The highest BCUT2D eigenvalue weighted by molar-refractivity contribution is 6.30. The molecule has 0 saturated carbocycles. The van der Waals surface area contributed by atoms with Gasteiger partial charge in [-0.1, -0.05) is 23.7 Å². The number of hydrogen-bond donors (Lipinski definition) is 0. The Balaban J connectivity index is 2.61. The van der Waals surface area contributed by atoms with E-state index < -0.39 is 0 Å². The standard InChI is InChI=1S/C15H14ClN3/c1-10-8-12(9-17)15(19(2)3)18-14(10)11-4-6-13(16)7-5-11/h4-8H,1-3H3. The summed E-state index contributed by atoms with van der Waals surface area (Å²) in [5.74, 6) is 0.679. The number of rotatable bonds is 2. The van der Waals surface area contributed by atoms with Crippen molar-refractivity contribution < 1.29 is 0 Å². The first-order chi connectivity index (χ1) is 9.02. The van der Waals surface area contributed by atoms with Crippen LogP contribution in [0.5, 0.6) is 0 Å². The molecule has 0 spiro atoms. The Morgan fingerprint density at radius 2 is 1.84 bits per heavy atom. The summed E-state index contributed by atoms with van der Waals surface area (Å²) in [6, 6.07) is 11.6. The third kappa shape index (κ3) is 2.69. The van der Waals surface area contributed by atoms with Gasteiger partial charge in [0.15, 0.2) is 0 Å². The highest BCUT2D eigenvalue weighted by Crippen LogP contribution is 2.27. The van der Waals surface area contributed by atoms with E-state index in [1.165, 1.54) is 0 Å². The van der Waals surface area contributed by atoms with Crippen molar-refractivity contribution in [3.05, 3.63) is 46.5 Å². The van der Waals surface area contributed by atoms with Crippen LogP contribution in [-0.2, 0) is 0 Å². The van der Waals surface area contributed by atoms with Gasteiger partial charge in [-0.25, -0.2) is 4.98 Å². The van der Waals surface area contributed by atoms with E-state index in [-0.39, 0.29) is 0 Å². The van der Waals surface area contributed by atoms with Gasteiger partial charge in [0.1, 0.15) is 11.9 Å². The minimum absolute atomic E-state index is 0.584. The molecule has 0 fully saturated rings. The molecule has 2 rings (SSSR count). The third-order valence-corrected chi connectivity index (χ3v) is 3.11. The van der Waals surface area contributed by atoms with E-state index in [2.05, 4.69) is 11.1 Å². The van der Waals surface area contributed by atoms with Crippen LogP contribution in [0.4, 0.5) is 5.82 Å². The molecule has 0 amide bonds. The fourth-order valence-electron chi connectivity index (χ4n) is 1.93. The fourth-order valence-corrected chi connectivity index (χ4v) is 2.05. The summed E-state index contributed by atoms with van der Waals surface area (Å²) in [6.45, 7) is 1.96. The van der Waals surface area contributed by atoms with Gasteiger partial charge < -0.3 is 4.90 Å². The van der Waals surface area contributed by atoms with Crippen LogP contribution < -0.4 is 4.90 Å². The minimum Gasteiger partial charge on any atom is -0.362 e. The molecular formula is C15H14ClN3. The number of benzene rings is 1. The predicted octanol–water partition coefficient (Wildman–Crippen LogP) is 3.65. The molecule has 0 aliphatic rings. The Hall–Kier alpha value is -2.05. The maximum atomic E-state index is 9.16. The molecule has 0 bridgehead atoms. The monoisotopic (exact) mass is 271 g/mol. The lowest BCUT2D eigenvalue weighted by Crippen LogP contribution is -2.13. The lowest BCUT2D eigenvalue weighted by molar-refractivity contribution is 1.06. The third-order valence-electron chi connectivity index (χ3n) is 2.85. The molecule has 0 unspecified atom stereocenters. The average Bonchev–Trinajstić information content (AvgIpc) is 2.39. The highest BCUT2D eigenvalue weighted by Gasteiger charge is 2.12. The summed E-state index contributed by atoms with van der Waals surface area (Å²) < 4.78 is 0. The molecular weight excluding hydrogens is 258 g/mol. The SMILES string of the molecule is Cc1cc(C#N)c(N(C)C)nc1-c1ccc(Cl)cc1. The Morgan fingerprint density at radius 3 is 2.37 bits per heavy atom. The molecule has 96 valence electrons. The lowest BCUT2D eigenvalue weighted by atomic mass is 10.0. The van der Waals surface area contributed by atoms with E-state index in [0.29, 0.717) is 16.4 Å². The maximum absolute atomic E-state index is 9.16. The summed E-state index contributed by atoms with van der Waals surface area (Å²) >= 11 is 5.90. The first-order valence-corrected chi connectivity index (χ1v) is 6.25. The number of nitriles is 1. The van der Waals surface area contributed by atoms with Crippen molar-refractivity contribution in [2.75, 3.05) is 19.0 Å². The van der Waals surface area contributed by atoms with Crippen molar-refractivity contribution in [1.29, 1.82) is 5.26 Å². The largest absolute Gasteiger partial charge is 0.362 e. The van der Waals surface area contributed by atoms with E-state index >= 15 is 0 Å². The molecule has 2 aromatic rings. The molecule has 0 atom stereocenters. The van der Waals surface area contributed by atoms with Crippen LogP contribution >= 0.6 is 11.6 Å². The van der Waals surface area contributed by atoms with Gasteiger partial charge in [0.05, 0.1) is 11.3 Å². The molecule has 1 aromatic heterocycles. The van der Waals surface area contributed by atoms with E-state index in [4.69, 9.17) is 16.9 Å². The van der Waals surface area contributed by atoms with Crippen LogP contribution in [0.2, 0.25) is 5.02 Å². The first kappa shape index (κ1) is 13.4. The van der Waals surface area contributed by atoms with Crippen molar-refractivity contribution in [3.63, 3.8) is 0 Å². The lowest BCUT2D eigenvalue weighted by Gasteiger charge is -2.16. The zero-order chi connectivity index (χ0) is 14.0. The number of nitrogens with zero attached hydrogens (tertiary/aromatic N) is 3. The van der Waals surface area contributed by atoms with Gasteiger partial charge in [0.2, 0.25) is 0 Å². The van der Waals surface area contributed by atoms with Crippen molar-refractivity contribution in [2.24, 2.45) is 0 Å². The highest BCUT2D eigenvalue weighted by atomic mass is 35.5. The molecule has 3 nitrogen and oxygen atoms in total. The Labute approximate surface area is 118 Å². The van der Waals surface area contributed by atoms with Gasteiger partial charge in [0, 0.05) is 24.7 Å². The second-order valence-corrected chi connectivity index (χ2v) is 4.97. The molecule has 4 heteroatoms. The number of pyridine rings is 1. The summed E-state index contributed by atoms with van der Waals surface area (Å²) in [7, 11) is 3.76. The first-order valence-electron chi connectivity index (χ1n) is 5.88. The zero-order valence-corrected chi connectivity index (χ0v) is 11.9. The van der Waals surface area contributed by atoms with Gasteiger partial charge in [-0.15, -0.1) is 0 Å². The van der Waals surface area contributed by atoms with E-state index in [1.54, 1.807) is 0 Å². The van der Waals surface area contributed by atoms with Gasteiger partial charge in [-0.2, -0.15) is 5.26 Å². The summed E-state index contributed by atoms with van der Waals surface area (Å²) in [5.41, 5.74) is 3.43. The van der Waals surface area contributed by atoms with Crippen LogP contribution in [0.1, 0.15) is 11.1 Å². The Morgan fingerprint density at radius 1 is 1.21 bits per heavy atom. The number of aryl methyl sites for hydroxylation is 1. The summed E-state index contributed by atoms with van der Waals surface area (Å²) in [5, 5.41) is 9.85. The van der Waals surface area contributed by atoms with Crippen molar-refractivity contribution >= 4 is 17.4 Å². The quantitative estimate of drug-likeness (QED) is 0.837. The van der Waals surface area contributed by atoms with Crippen LogP contribution in [0, 0.1) is 18.3 Å². The van der Waals surface area contributed by atoms with Gasteiger partial charge in [-0.3, -0.25) is 0 Å². The van der Waals surface area contributed by atoms with Gasteiger partial charge >= 0.3 is 0 Å². The number of anilines is 1. The number of hydrogen-bond acceptors (Lipinski definition) is 3. The van der Waals surface area contributed by atoms with Crippen LogP contribution in [0.25, 0.3) is 11.3 Å². The average molecular weight is 272 g/mol. The zero-order valence-electron chi connectivity index (χ0n) is 11.1. The van der Waals surface area contributed by atoms with E-state index in [1.807, 2.05) is 56.3 Å². The maximum Gasteiger partial charge on any atom is 0.146 e. The van der Waals surface area contributed by atoms with Gasteiger partial charge in [0.25, 0.3) is 0 Å². The van der Waals surface area contributed by atoms with Crippen LogP contribution in [0.3, 0.4) is 0 Å². The molecule has 19 heavy (non-hydrogen) atoms. The smallest absolute Gasteiger partial charge is 0.146 e. The Kier molecular flexibility index (Phi) is 3.73. The van der Waals surface area contributed by atoms with E-state index in [0.717, 1.165) is 16.8 Å². The van der Waals surface area contributed by atoms with Crippen molar-refractivity contribution in [1.82, 2.24) is 4.98 Å². The number of aromatic nitrogens is 1. The summed E-state index contributed by atoms with van der Waals surface area (Å²) in [4.78, 5) is 6.45. The van der Waals surface area contributed by atoms with Crippen molar-refractivity contribution in [3.8, 4) is 17.3 Å². The van der Waals surface area contributed by atoms with Crippen LogP contribution in [0.15, 0.2) is 30.3 Å². The molecule has 1 aromatic carbocycles. The second kappa shape index (κ2) is 5.29. The second-order valence-electron chi connectivity index (χ2n) is 4.54. The topological polar surface area (TPSA) is 39.9 Å². The molecule has 0 N–H and O–H groups in total. The molecule has 1 heterocycles. The van der Waals surface area contributed by atoms with Gasteiger partial charge in [-0.05, 0) is 30.7 Å². The van der Waals surface area contributed by atoms with E-state index in [9.17, 15) is 0 Å². The Bertz CT molecular complexity index is 640. The minimum atomic E-state index is 0.584. The van der Waals surface area contributed by atoms with Crippen LogP contribution in [-0.4, -0.2) is 19.1 Å². The molecule has 0 radical (unpaired) electrons. The molecule has 0 aliphatic heterocycles. The normalized spacial score (nSPS) is 10.1. The predicted molar refractivity (Wildman–Crippen MR) is 78.5 cm³/mol. The fraction of sp³-hybridized carbons (Fsp3) is 0.200. The molecule has 0 aliphatic carbocycles. The number of halogens is 1. The van der Waals surface area contributed by atoms with Crippen molar-refractivity contribution in [2.45, 2.75) is 6.92 Å². The molecule has 0 saturated heterocycles. The summed E-state index contributed by atoms with van der Waals surface area (Å²) in [6.07, 6.45) is 0.